The van der Waals surface area contributed by atoms with Gasteiger partial charge in [-0.25, -0.2) is 0 Å². The molecule has 2 aromatic heterocycles. The molecule has 0 radical (unpaired) electrons. The van der Waals surface area contributed by atoms with Crippen molar-refractivity contribution in [3.8, 4) is 11.1 Å². The van der Waals surface area contributed by atoms with E-state index in [2.05, 4.69) is 45.8 Å². The summed E-state index contributed by atoms with van der Waals surface area (Å²) in [6.07, 6.45) is 0. The molecule has 0 fully saturated rings. The van der Waals surface area contributed by atoms with Gasteiger partial charge in [-0.05, 0) is 11.1 Å². The lowest BCUT2D eigenvalue weighted by Gasteiger charge is -1.91. The smallest absolute Gasteiger partial charge is 0.211 e. The van der Waals surface area contributed by atoms with Gasteiger partial charge in [0, 0.05) is 24.3 Å². The van der Waals surface area contributed by atoms with Crippen molar-refractivity contribution in [1.82, 2.24) is 0 Å². The second kappa shape index (κ2) is 7.84. The van der Waals surface area contributed by atoms with Crippen LogP contribution in [0.5, 0.6) is 0 Å². The molecule has 0 amide bonds. The van der Waals surface area contributed by atoms with Crippen molar-refractivity contribution in [2.45, 2.75) is 0 Å². The fourth-order valence-corrected chi connectivity index (χ4v) is 2.12. The molecule has 0 N–H and O–H groups in total. The van der Waals surface area contributed by atoms with Gasteiger partial charge in [0.05, 0.1) is 0 Å². The lowest BCUT2D eigenvalue weighted by atomic mass is 10.1. The molecule has 0 nitrogen and oxygen atoms in total. The van der Waals surface area contributed by atoms with Crippen LogP contribution in [0, 0.1) is 0 Å². The van der Waals surface area contributed by atoms with Gasteiger partial charge >= 0.3 is 0 Å². The quantitative estimate of drug-likeness (QED) is 0.353. The Morgan fingerprint density at radius 1 is 0.571 bits per heavy atom. The van der Waals surface area contributed by atoms with Gasteiger partial charge in [0.1, 0.15) is 0 Å². The Morgan fingerprint density at radius 3 is 1.14 bits per heavy atom. The van der Waals surface area contributed by atoms with Crippen LogP contribution in [-0.2, 0) is 0 Å². The largest absolute Gasteiger partial charge is 1.00 e. The summed E-state index contributed by atoms with van der Waals surface area (Å²) < 4.78 is 0. The molecular weight excluding hydrogens is 438 g/mol. The van der Waals surface area contributed by atoms with Crippen LogP contribution in [0.15, 0.2) is 45.8 Å². The van der Waals surface area contributed by atoms with E-state index < -0.39 is 0 Å². The summed E-state index contributed by atoms with van der Waals surface area (Å²) in [5.41, 5.74) is 2.59. The van der Waals surface area contributed by atoms with Crippen LogP contribution < -0.4 is 48.0 Å². The molecule has 14 heavy (non-hydrogen) atoms. The van der Waals surface area contributed by atoms with Crippen molar-refractivity contribution in [2.24, 2.45) is 0 Å². The summed E-state index contributed by atoms with van der Waals surface area (Å²) in [5.74, 6) is 0. The van der Waals surface area contributed by atoms with Crippen molar-refractivity contribution < 1.29 is 48.0 Å². The SMILES string of the molecule is [I-].[I-].c1cc(-c2cc[s+]cc2)cc[s+]1. The van der Waals surface area contributed by atoms with Crippen LogP contribution in [0.2, 0.25) is 0 Å². The van der Waals surface area contributed by atoms with Gasteiger partial charge in [-0.3, -0.25) is 0 Å². The van der Waals surface area contributed by atoms with Gasteiger partial charge in [0.2, 0.25) is 22.7 Å². The fourth-order valence-electron chi connectivity index (χ4n) is 1.04. The Bertz CT molecular complexity index is 314. The van der Waals surface area contributed by atoms with Crippen LogP contribution in [0.4, 0.5) is 0 Å². The molecule has 0 bridgehead atoms. The van der Waals surface area contributed by atoms with E-state index in [1.54, 1.807) is 22.7 Å². The van der Waals surface area contributed by atoms with Crippen LogP contribution in [0.1, 0.15) is 0 Å². The fraction of sp³-hybridized carbons (Fsp3) is 0. The van der Waals surface area contributed by atoms with Crippen molar-refractivity contribution >= 4 is 22.7 Å². The lowest BCUT2D eigenvalue weighted by Crippen LogP contribution is -3.00. The van der Waals surface area contributed by atoms with Crippen LogP contribution in [-0.4, -0.2) is 0 Å². The molecule has 2 heterocycles. The van der Waals surface area contributed by atoms with Gasteiger partial charge in [-0.2, -0.15) is 0 Å². The molecule has 0 aliphatic rings. The molecule has 0 aromatic carbocycles. The molecule has 2 aromatic rings. The van der Waals surface area contributed by atoms with Gasteiger partial charge in [0.25, 0.3) is 0 Å². The average Bonchev–Trinajstić information content (AvgIpc) is 2.21. The highest BCUT2D eigenvalue weighted by Crippen LogP contribution is 2.19. The second-order valence-corrected chi connectivity index (χ2v) is 4.03. The van der Waals surface area contributed by atoms with E-state index in [9.17, 15) is 0 Å². The maximum absolute atomic E-state index is 2.14. The first-order valence-corrected chi connectivity index (χ1v) is 5.57. The van der Waals surface area contributed by atoms with Gasteiger partial charge < -0.3 is 48.0 Å². The van der Waals surface area contributed by atoms with Gasteiger partial charge in [-0.15, -0.1) is 0 Å². The van der Waals surface area contributed by atoms with Gasteiger partial charge in [-0.1, -0.05) is 0 Å². The van der Waals surface area contributed by atoms with Crippen molar-refractivity contribution in [2.75, 3.05) is 0 Å². The topological polar surface area (TPSA) is 0 Å². The second-order valence-electron chi connectivity index (χ2n) is 2.39. The van der Waals surface area contributed by atoms with E-state index >= 15 is 0 Å². The molecule has 0 aliphatic carbocycles. The Kier molecular flexibility index (Phi) is 8.17. The minimum absolute atomic E-state index is 0. The zero-order valence-electron chi connectivity index (χ0n) is 7.19. The summed E-state index contributed by atoms with van der Waals surface area (Å²) >= 11 is 3.43. The lowest BCUT2D eigenvalue weighted by molar-refractivity contribution is -0.00100. The Balaban J connectivity index is 0.000000845. The maximum Gasteiger partial charge on any atom is 0.211 e. The minimum atomic E-state index is 0. The first-order valence-electron chi connectivity index (χ1n) is 3.68. The molecule has 0 atom stereocenters. The van der Waals surface area contributed by atoms with E-state index in [0.29, 0.717) is 0 Å². The molecule has 0 saturated carbocycles. The number of halogens is 2. The number of hydrogen-bond donors (Lipinski definition) is 0. The predicted molar refractivity (Wildman–Crippen MR) is 56.4 cm³/mol. The standard InChI is InChI=1S/C10H8S2.2HI/c1-5-11-6-2-9(1)10-3-7-12-8-4-10;;/h1-8H;2*1H/q+2;;/p-2. The first-order chi connectivity index (χ1) is 5.97. The highest BCUT2D eigenvalue weighted by molar-refractivity contribution is 7.07. The molecule has 0 unspecified atom stereocenters. The third kappa shape index (κ3) is 4.00. The summed E-state index contributed by atoms with van der Waals surface area (Å²) in [6, 6.07) is 8.57. The van der Waals surface area contributed by atoms with E-state index in [1.165, 1.54) is 11.1 Å². The molecule has 0 saturated heterocycles. The number of hydrogen-bond acceptors (Lipinski definition) is 0. The molecule has 0 spiro atoms. The van der Waals surface area contributed by atoms with E-state index in [0.717, 1.165) is 0 Å². The summed E-state index contributed by atoms with van der Waals surface area (Å²) in [7, 11) is 0. The van der Waals surface area contributed by atoms with E-state index in [1.807, 2.05) is 0 Å². The summed E-state index contributed by atoms with van der Waals surface area (Å²) in [4.78, 5) is 0. The Morgan fingerprint density at radius 2 is 0.857 bits per heavy atom. The molecule has 2 rings (SSSR count). The first kappa shape index (κ1) is 14.6. The van der Waals surface area contributed by atoms with E-state index in [-0.39, 0.29) is 48.0 Å². The minimum Gasteiger partial charge on any atom is -1.00 e. The van der Waals surface area contributed by atoms with Crippen LogP contribution in [0.25, 0.3) is 11.1 Å². The van der Waals surface area contributed by atoms with Crippen molar-refractivity contribution in [3.63, 3.8) is 0 Å². The van der Waals surface area contributed by atoms with Crippen molar-refractivity contribution in [1.29, 1.82) is 0 Å². The molecular formula is C10H8I2S2. The van der Waals surface area contributed by atoms with Gasteiger partial charge in [0.15, 0.2) is 21.5 Å². The average molecular weight is 446 g/mol. The summed E-state index contributed by atoms with van der Waals surface area (Å²) in [5, 5.41) is 8.41. The normalized spacial score (nSPS) is 8.29. The predicted octanol–water partition coefficient (Wildman–Crippen LogP) is -1.95. The third-order valence-corrected chi connectivity index (χ3v) is 2.81. The Hall–Kier alpha value is 0.600. The molecule has 4 heteroatoms. The zero-order valence-corrected chi connectivity index (χ0v) is 13.1. The number of rotatable bonds is 1. The third-order valence-electron chi connectivity index (χ3n) is 1.64. The molecule has 0 aliphatic heterocycles. The van der Waals surface area contributed by atoms with E-state index in [4.69, 9.17) is 0 Å². The monoisotopic (exact) mass is 446 g/mol. The highest BCUT2D eigenvalue weighted by Gasteiger charge is 1.99. The maximum atomic E-state index is 2.14. The van der Waals surface area contributed by atoms with Crippen molar-refractivity contribution in [3.05, 3.63) is 45.8 Å². The Labute approximate surface area is 126 Å². The summed E-state index contributed by atoms with van der Waals surface area (Å²) in [6.45, 7) is 0. The molecule has 74 valence electrons. The van der Waals surface area contributed by atoms with Crippen LogP contribution in [0.3, 0.4) is 0 Å². The highest BCUT2D eigenvalue weighted by atomic mass is 127. The zero-order chi connectivity index (χ0) is 8.23. The van der Waals surface area contributed by atoms with Crippen LogP contribution >= 0.6 is 22.7 Å².